The van der Waals surface area contributed by atoms with Gasteiger partial charge in [0, 0.05) is 19.2 Å². The molecule has 96 valence electrons. The molecule has 0 saturated carbocycles. The van der Waals surface area contributed by atoms with Crippen LogP contribution in [0, 0.1) is 0 Å². The first-order valence-corrected chi connectivity index (χ1v) is 5.82. The number of hydrogen-bond acceptors (Lipinski definition) is 3. The summed E-state index contributed by atoms with van der Waals surface area (Å²) in [6, 6.07) is 0.141. The maximum absolute atomic E-state index is 11.9. The van der Waals surface area contributed by atoms with Crippen molar-refractivity contribution >= 4 is 5.91 Å². The number of ether oxygens (including phenoxy) is 1. The van der Waals surface area contributed by atoms with Crippen LogP contribution in [-0.2, 0) is 9.53 Å². The molecule has 1 amide bonds. The normalized spacial score (nSPS) is 11.9. The third-order valence-corrected chi connectivity index (χ3v) is 2.13. The average molecular weight is 231 g/mol. The molecule has 0 aromatic rings. The quantitative estimate of drug-likeness (QED) is 0.752. The van der Waals surface area contributed by atoms with Crippen molar-refractivity contribution in [1.82, 2.24) is 4.90 Å². The first-order chi connectivity index (χ1) is 7.28. The maximum atomic E-state index is 11.9. The zero-order valence-electron chi connectivity index (χ0n) is 11.1. The molecule has 0 aromatic carbocycles. The van der Waals surface area contributed by atoms with Gasteiger partial charge in [-0.1, -0.05) is 0 Å². The Kier molecular flexibility index (Phi) is 6.60. The average Bonchev–Trinajstić information content (AvgIpc) is 2.13. The number of rotatable bonds is 6. The summed E-state index contributed by atoms with van der Waals surface area (Å²) in [7, 11) is 0. The van der Waals surface area contributed by atoms with Crippen molar-refractivity contribution in [3.05, 3.63) is 0 Å². The van der Waals surface area contributed by atoms with Gasteiger partial charge in [-0.2, -0.15) is 0 Å². The standard InChI is InChI=1S/C12H25NO3/c1-10(2)13(7-6-8-14)11(15)9-16-12(3,4)5/h10,14H,6-9H2,1-5H3. The van der Waals surface area contributed by atoms with Gasteiger partial charge >= 0.3 is 0 Å². The van der Waals surface area contributed by atoms with Gasteiger partial charge in [-0.05, 0) is 41.0 Å². The smallest absolute Gasteiger partial charge is 0.248 e. The monoisotopic (exact) mass is 231 g/mol. The van der Waals surface area contributed by atoms with Crippen LogP contribution in [0.3, 0.4) is 0 Å². The molecule has 0 spiro atoms. The first-order valence-electron chi connectivity index (χ1n) is 5.82. The molecule has 4 nitrogen and oxygen atoms in total. The van der Waals surface area contributed by atoms with E-state index in [9.17, 15) is 4.79 Å². The SMILES string of the molecule is CC(C)N(CCCO)C(=O)COC(C)(C)C. The number of aliphatic hydroxyl groups is 1. The predicted molar refractivity (Wildman–Crippen MR) is 64.3 cm³/mol. The highest BCUT2D eigenvalue weighted by molar-refractivity contribution is 5.77. The number of carbonyl (C=O) groups excluding carboxylic acids is 1. The lowest BCUT2D eigenvalue weighted by molar-refractivity contribution is -0.142. The van der Waals surface area contributed by atoms with E-state index in [1.54, 1.807) is 4.90 Å². The van der Waals surface area contributed by atoms with Crippen molar-refractivity contribution in [3.63, 3.8) is 0 Å². The fraction of sp³-hybridized carbons (Fsp3) is 0.917. The second-order valence-electron chi connectivity index (χ2n) is 5.16. The van der Waals surface area contributed by atoms with Gasteiger partial charge in [0.25, 0.3) is 0 Å². The molecule has 0 heterocycles. The molecule has 0 bridgehead atoms. The Hall–Kier alpha value is -0.610. The number of amides is 1. The number of hydrogen-bond donors (Lipinski definition) is 1. The summed E-state index contributed by atoms with van der Waals surface area (Å²) in [5.41, 5.74) is -0.296. The van der Waals surface area contributed by atoms with Crippen LogP contribution in [0.1, 0.15) is 41.0 Å². The number of carbonyl (C=O) groups is 1. The zero-order valence-corrected chi connectivity index (χ0v) is 11.1. The van der Waals surface area contributed by atoms with Crippen LogP contribution in [0.2, 0.25) is 0 Å². The lowest BCUT2D eigenvalue weighted by atomic mass is 10.2. The van der Waals surface area contributed by atoms with E-state index in [0.717, 1.165) is 0 Å². The summed E-state index contributed by atoms with van der Waals surface area (Å²) in [4.78, 5) is 13.6. The molecule has 0 aromatic heterocycles. The highest BCUT2D eigenvalue weighted by Crippen LogP contribution is 2.08. The number of aliphatic hydroxyl groups excluding tert-OH is 1. The fourth-order valence-corrected chi connectivity index (χ4v) is 1.27. The molecular weight excluding hydrogens is 206 g/mol. The minimum absolute atomic E-state index is 0.0154. The van der Waals surface area contributed by atoms with Crippen molar-refractivity contribution in [1.29, 1.82) is 0 Å². The largest absolute Gasteiger partial charge is 0.396 e. The van der Waals surface area contributed by atoms with Gasteiger partial charge in [0.1, 0.15) is 6.61 Å². The van der Waals surface area contributed by atoms with Gasteiger partial charge in [-0.15, -0.1) is 0 Å². The van der Waals surface area contributed by atoms with Gasteiger partial charge in [-0.3, -0.25) is 4.79 Å². The molecule has 0 fully saturated rings. The Morgan fingerprint density at radius 1 is 1.38 bits per heavy atom. The van der Waals surface area contributed by atoms with E-state index in [2.05, 4.69) is 0 Å². The van der Waals surface area contributed by atoms with Crippen molar-refractivity contribution in [2.45, 2.75) is 52.7 Å². The molecule has 16 heavy (non-hydrogen) atoms. The maximum Gasteiger partial charge on any atom is 0.248 e. The van der Waals surface area contributed by atoms with Gasteiger partial charge in [0.05, 0.1) is 5.60 Å². The highest BCUT2D eigenvalue weighted by atomic mass is 16.5. The zero-order chi connectivity index (χ0) is 12.8. The van der Waals surface area contributed by atoms with Crippen LogP contribution < -0.4 is 0 Å². The van der Waals surface area contributed by atoms with E-state index >= 15 is 0 Å². The summed E-state index contributed by atoms with van der Waals surface area (Å²) < 4.78 is 5.45. The van der Waals surface area contributed by atoms with E-state index in [1.165, 1.54) is 0 Å². The summed E-state index contributed by atoms with van der Waals surface area (Å²) >= 11 is 0. The summed E-state index contributed by atoms with van der Waals surface area (Å²) in [6.45, 7) is 10.5. The van der Waals surface area contributed by atoms with Gasteiger partial charge < -0.3 is 14.7 Å². The van der Waals surface area contributed by atoms with Gasteiger partial charge in [0.2, 0.25) is 5.91 Å². The summed E-state index contributed by atoms with van der Waals surface area (Å²) in [5.74, 6) is -0.0154. The lowest BCUT2D eigenvalue weighted by Gasteiger charge is -2.28. The van der Waals surface area contributed by atoms with Crippen LogP contribution >= 0.6 is 0 Å². The minimum atomic E-state index is -0.296. The molecule has 0 unspecified atom stereocenters. The second kappa shape index (κ2) is 6.86. The lowest BCUT2D eigenvalue weighted by Crippen LogP contribution is -2.41. The molecular formula is C12H25NO3. The van der Waals surface area contributed by atoms with Crippen LogP contribution in [0.4, 0.5) is 0 Å². The van der Waals surface area contributed by atoms with Crippen molar-refractivity contribution in [2.75, 3.05) is 19.8 Å². The van der Waals surface area contributed by atoms with Crippen molar-refractivity contribution < 1.29 is 14.6 Å². The van der Waals surface area contributed by atoms with E-state index in [1.807, 2.05) is 34.6 Å². The Labute approximate surface area is 98.6 Å². The van der Waals surface area contributed by atoms with E-state index in [0.29, 0.717) is 13.0 Å². The molecule has 0 aliphatic rings. The third-order valence-electron chi connectivity index (χ3n) is 2.13. The van der Waals surface area contributed by atoms with Gasteiger partial charge in [-0.25, -0.2) is 0 Å². The topological polar surface area (TPSA) is 49.8 Å². The van der Waals surface area contributed by atoms with E-state index in [4.69, 9.17) is 9.84 Å². The van der Waals surface area contributed by atoms with Crippen molar-refractivity contribution in [2.24, 2.45) is 0 Å². The van der Waals surface area contributed by atoms with Crippen LogP contribution in [0.25, 0.3) is 0 Å². The molecule has 1 N–H and O–H groups in total. The van der Waals surface area contributed by atoms with Gasteiger partial charge in [0.15, 0.2) is 0 Å². The second-order valence-corrected chi connectivity index (χ2v) is 5.16. The van der Waals surface area contributed by atoms with Crippen LogP contribution in [0.15, 0.2) is 0 Å². The van der Waals surface area contributed by atoms with Crippen LogP contribution in [-0.4, -0.2) is 47.3 Å². The third kappa shape index (κ3) is 6.80. The Bertz CT molecular complexity index is 209. The summed E-state index contributed by atoms with van der Waals surface area (Å²) in [5, 5.41) is 8.77. The molecule has 0 aliphatic carbocycles. The Balaban J connectivity index is 4.17. The highest BCUT2D eigenvalue weighted by Gasteiger charge is 2.19. The first kappa shape index (κ1) is 15.4. The number of nitrogens with zero attached hydrogens (tertiary/aromatic N) is 1. The molecule has 0 saturated heterocycles. The predicted octanol–water partition coefficient (Wildman–Crippen LogP) is 1.42. The molecule has 0 aliphatic heterocycles. The molecule has 0 rings (SSSR count). The molecule has 4 heteroatoms. The Morgan fingerprint density at radius 3 is 2.31 bits per heavy atom. The minimum Gasteiger partial charge on any atom is -0.396 e. The van der Waals surface area contributed by atoms with E-state index < -0.39 is 0 Å². The van der Waals surface area contributed by atoms with Crippen LogP contribution in [0.5, 0.6) is 0 Å². The molecule has 0 radical (unpaired) electrons. The fourth-order valence-electron chi connectivity index (χ4n) is 1.27. The van der Waals surface area contributed by atoms with E-state index in [-0.39, 0.29) is 30.8 Å². The Morgan fingerprint density at radius 2 is 1.94 bits per heavy atom. The summed E-state index contributed by atoms with van der Waals surface area (Å²) in [6.07, 6.45) is 0.611. The van der Waals surface area contributed by atoms with Crippen molar-refractivity contribution in [3.8, 4) is 0 Å². The molecule has 0 atom stereocenters.